The first-order valence-electron chi connectivity index (χ1n) is 6.99. The minimum atomic E-state index is -0.839. The Bertz CT molecular complexity index is 739. The van der Waals surface area contributed by atoms with E-state index >= 15 is 0 Å². The fourth-order valence-electron chi connectivity index (χ4n) is 2.27. The number of hydrogen-bond acceptors (Lipinski definition) is 4. The Hall–Kier alpha value is -3.02. The van der Waals surface area contributed by atoms with Gasteiger partial charge in [-0.05, 0) is 60.7 Å². The molecule has 0 bridgehead atoms. The number of nitrogens with two attached hydrogens (primary N) is 2. The minimum Gasteiger partial charge on any atom is -0.411 e. The van der Waals surface area contributed by atoms with Gasteiger partial charge in [-0.25, -0.2) is 9.59 Å². The molecule has 2 aromatic carbocycles. The van der Waals surface area contributed by atoms with Crippen molar-refractivity contribution in [2.24, 2.45) is 11.5 Å². The van der Waals surface area contributed by atoms with Crippen molar-refractivity contribution in [3.63, 3.8) is 0 Å². The van der Waals surface area contributed by atoms with Gasteiger partial charge < -0.3 is 20.9 Å². The molecule has 0 atom stereocenters. The van der Waals surface area contributed by atoms with Crippen LogP contribution >= 0.6 is 0 Å². The number of amides is 2. The molecule has 0 aliphatic heterocycles. The summed E-state index contributed by atoms with van der Waals surface area (Å²) in [6.07, 6.45) is -0.972. The fraction of sp³-hybridized carbons (Fsp3) is 0.176. The largest absolute Gasteiger partial charge is 0.411 e. The van der Waals surface area contributed by atoms with E-state index in [2.05, 4.69) is 0 Å². The minimum absolute atomic E-state index is 0.402. The number of carbonyl (C=O) groups excluding carboxylic acids is 2. The van der Waals surface area contributed by atoms with Gasteiger partial charge in [-0.2, -0.15) is 0 Å². The lowest BCUT2D eigenvalue weighted by atomic mass is 9.96. The van der Waals surface area contributed by atoms with Gasteiger partial charge in [-0.15, -0.1) is 0 Å². The average Bonchev–Trinajstić information content (AvgIpc) is 2.48. The molecule has 23 heavy (non-hydrogen) atoms. The van der Waals surface area contributed by atoms with Crippen molar-refractivity contribution in [2.75, 3.05) is 0 Å². The van der Waals surface area contributed by atoms with E-state index in [0.717, 1.165) is 22.3 Å². The second-order valence-electron chi connectivity index (χ2n) is 5.14. The normalized spacial score (nSPS) is 10.2. The molecule has 0 spiro atoms. The molecule has 2 rings (SSSR count). The number of benzene rings is 2. The third-order valence-corrected chi connectivity index (χ3v) is 3.60. The van der Waals surface area contributed by atoms with E-state index in [4.69, 9.17) is 20.9 Å². The zero-order valence-corrected chi connectivity index (χ0v) is 13.0. The first-order chi connectivity index (χ1) is 10.9. The van der Waals surface area contributed by atoms with Gasteiger partial charge in [0.25, 0.3) is 0 Å². The van der Waals surface area contributed by atoms with Crippen LogP contribution in [0.15, 0.2) is 36.4 Å². The number of ether oxygens (including phenoxy) is 2. The summed E-state index contributed by atoms with van der Waals surface area (Å²) in [5.41, 5.74) is 14.1. The van der Waals surface area contributed by atoms with Crippen molar-refractivity contribution in [1.82, 2.24) is 0 Å². The molecule has 0 fully saturated rings. The highest BCUT2D eigenvalue weighted by molar-refractivity contribution is 5.69. The molecule has 6 nitrogen and oxygen atoms in total. The van der Waals surface area contributed by atoms with Crippen LogP contribution in [0.3, 0.4) is 0 Å². The van der Waals surface area contributed by atoms with Crippen LogP contribution in [0.25, 0.3) is 0 Å². The van der Waals surface area contributed by atoms with Crippen molar-refractivity contribution in [1.29, 1.82) is 0 Å². The quantitative estimate of drug-likeness (QED) is 0.905. The zero-order chi connectivity index (χ0) is 17.0. The Balaban J connectivity index is 2.18. The predicted octanol–water partition coefficient (Wildman–Crippen LogP) is 2.81. The standard InChI is InChI=1S/C17H18N2O4/c1-10-11(2)15(23-17(19)21)8-5-13(10)9-12-3-6-14(7-4-12)22-16(18)20/h3-8H,9H2,1-2H3,(H2,18,20)(H2,19,21). The fourth-order valence-corrected chi connectivity index (χ4v) is 2.27. The summed E-state index contributed by atoms with van der Waals surface area (Å²) in [6, 6.07) is 10.7. The van der Waals surface area contributed by atoms with E-state index in [1.54, 1.807) is 18.2 Å². The summed E-state index contributed by atoms with van der Waals surface area (Å²) in [5, 5.41) is 0. The van der Waals surface area contributed by atoms with Crippen LogP contribution in [0.5, 0.6) is 11.5 Å². The van der Waals surface area contributed by atoms with Gasteiger partial charge in [0.15, 0.2) is 0 Å². The Morgan fingerprint density at radius 2 is 1.48 bits per heavy atom. The van der Waals surface area contributed by atoms with Gasteiger partial charge in [0.2, 0.25) is 0 Å². The van der Waals surface area contributed by atoms with Crippen molar-refractivity contribution >= 4 is 12.2 Å². The Morgan fingerprint density at radius 1 is 0.870 bits per heavy atom. The molecule has 0 aromatic heterocycles. The maximum Gasteiger partial charge on any atom is 0.409 e. The van der Waals surface area contributed by atoms with Gasteiger partial charge in [0, 0.05) is 0 Å². The number of rotatable bonds is 4. The van der Waals surface area contributed by atoms with Crippen molar-refractivity contribution in [2.45, 2.75) is 20.3 Å². The van der Waals surface area contributed by atoms with E-state index in [1.165, 1.54) is 0 Å². The summed E-state index contributed by atoms with van der Waals surface area (Å²) >= 11 is 0. The van der Waals surface area contributed by atoms with Gasteiger partial charge in [0.05, 0.1) is 0 Å². The second kappa shape index (κ2) is 6.83. The highest BCUT2D eigenvalue weighted by atomic mass is 16.6. The highest BCUT2D eigenvalue weighted by Gasteiger charge is 2.10. The molecule has 4 N–H and O–H groups in total. The molecule has 2 amide bonds. The van der Waals surface area contributed by atoms with Gasteiger partial charge in [-0.1, -0.05) is 18.2 Å². The average molecular weight is 314 g/mol. The lowest BCUT2D eigenvalue weighted by Gasteiger charge is -2.13. The zero-order valence-electron chi connectivity index (χ0n) is 13.0. The molecular formula is C17H18N2O4. The summed E-state index contributed by atoms with van der Waals surface area (Å²) in [4.78, 5) is 21.6. The monoisotopic (exact) mass is 314 g/mol. The lowest BCUT2D eigenvalue weighted by Crippen LogP contribution is -2.17. The lowest BCUT2D eigenvalue weighted by molar-refractivity contribution is 0.209. The summed E-state index contributed by atoms with van der Waals surface area (Å²) in [7, 11) is 0. The van der Waals surface area contributed by atoms with E-state index in [-0.39, 0.29) is 0 Å². The SMILES string of the molecule is Cc1c(Cc2ccc(OC(N)=O)cc2)ccc(OC(N)=O)c1C. The van der Waals surface area contributed by atoms with E-state index < -0.39 is 12.2 Å². The molecule has 0 heterocycles. The highest BCUT2D eigenvalue weighted by Crippen LogP contribution is 2.26. The van der Waals surface area contributed by atoms with Gasteiger partial charge in [0.1, 0.15) is 11.5 Å². The van der Waals surface area contributed by atoms with Crippen molar-refractivity contribution < 1.29 is 19.1 Å². The van der Waals surface area contributed by atoms with E-state index in [1.807, 2.05) is 32.0 Å². The molecule has 0 unspecified atom stereocenters. The van der Waals surface area contributed by atoms with E-state index in [0.29, 0.717) is 17.9 Å². The molecular weight excluding hydrogens is 296 g/mol. The Kier molecular flexibility index (Phi) is 4.85. The molecule has 0 radical (unpaired) electrons. The Morgan fingerprint density at radius 3 is 2.04 bits per heavy atom. The molecule has 120 valence electrons. The van der Waals surface area contributed by atoms with E-state index in [9.17, 15) is 9.59 Å². The molecule has 2 aromatic rings. The maximum absolute atomic E-state index is 10.9. The third kappa shape index (κ3) is 4.23. The van der Waals surface area contributed by atoms with Crippen LogP contribution in [0.4, 0.5) is 9.59 Å². The van der Waals surface area contributed by atoms with Crippen LogP contribution in [-0.4, -0.2) is 12.2 Å². The van der Waals surface area contributed by atoms with Crippen LogP contribution in [-0.2, 0) is 6.42 Å². The summed E-state index contributed by atoms with van der Waals surface area (Å²) < 4.78 is 9.76. The smallest absolute Gasteiger partial charge is 0.409 e. The van der Waals surface area contributed by atoms with Crippen LogP contribution in [0.1, 0.15) is 22.3 Å². The third-order valence-electron chi connectivity index (χ3n) is 3.60. The van der Waals surface area contributed by atoms with Crippen LogP contribution < -0.4 is 20.9 Å². The molecule has 0 saturated carbocycles. The van der Waals surface area contributed by atoms with Gasteiger partial charge >= 0.3 is 12.2 Å². The van der Waals surface area contributed by atoms with Crippen LogP contribution in [0.2, 0.25) is 0 Å². The molecule has 0 aliphatic rings. The predicted molar refractivity (Wildman–Crippen MR) is 85.6 cm³/mol. The first-order valence-corrected chi connectivity index (χ1v) is 6.99. The van der Waals surface area contributed by atoms with Crippen molar-refractivity contribution in [3.05, 3.63) is 58.7 Å². The number of primary amides is 2. The summed E-state index contributed by atoms with van der Waals surface area (Å²) in [5.74, 6) is 0.864. The molecule has 6 heteroatoms. The molecule has 0 saturated heterocycles. The van der Waals surface area contributed by atoms with Crippen LogP contribution in [0, 0.1) is 13.8 Å². The number of hydrogen-bond donors (Lipinski definition) is 2. The van der Waals surface area contributed by atoms with Crippen molar-refractivity contribution in [3.8, 4) is 11.5 Å². The first kappa shape index (κ1) is 16.4. The Labute approximate surface area is 134 Å². The molecule has 0 aliphatic carbocycles. The second-order valence-corrected chi connectivity index (χ2v) is 5.14. The maximum atomic E-state index is 10.9. The van der Waals surface area contributed by atoms with Gasteiger partial charge in [-0.3, -0.25) is 0 Å². The topological polar surface area (TPSA) is 105 Å². The number of carbonyl (C=O) groups is 2. The summed E-state index contributed by atoms with van der Waals surface area (Å²) in [6.45, 7) is 3.84.